The summed E-state index contributed by atoms with van der Waals surface area (Å²) in [6.07, 6.45) is 2.65. The van der Waals surface area contributed by atoms with Crippen molar-refractivity contribution in [2.24, 2.45) is 0 Å². The number of anilines is 1. The van der Waals surface area contributed by atoms with Crippen LogP contribution in [0.15, 0.2) is 24.3 Å². The van der Waals surface area contributed by atoms with Crippen molar-refractivity contribution in [3.05, 3.63) is 30.1 Å². The molecule has 0 bridgehead atoms. The zero-order valence-electron chi connectivity index (χ0n) is 24.3. The maximum absolute atomic E-state index is 13.8. The Kier molecular flexibility index (Phi) is 13.7. The van der Waals surface area contributed by atoms with E-state index in [4.69, 9.17) is 9.90 Å². The maximum atomic E-state index is 13.8. The molecule has 3 rings (SSSR count). The highest BCUT2D eigenvalue weighted by molar-refractivity contribution is 5.95. The van der Waals surface area contributed by atoms with Crippen molar-refractivity contribution in [3.63, 3.8) is 0 Å². The van der Waals surface area contributed by atoms with Crippen molar-refractivity contribution in [1.82, 2.24) is 15.1 Å². The zero-order valence-corrected chi connectivity index (χ0v) is 24.3. The second kappa shape index (κ2) is 16.4. The predicted molar refractivity (Wildman–Crippen MR) is 149 cm³/mol. The Hall–Kier alpha value is -3.22. The van der Waals surface area contributed by atoms with E-state index in [2.05, 4.69) is 24.1 Å². The summed E-state index contributed by atoms with van der Waals surface area (Å²) in [6.45, 7) is 6.93. The van der Waals surface area contributed by atoms with Crippen LogP contribution >= 0.6 is 0 Å². The Labute approximate surface area is 244 Å². The van der Waals surface area contributed by atoms with Crippen molar-refractivity contribution in [2.75, 3.05) is 37.7 Å². The number of carbonyl (C=O) groups is 4. The summed E-state index contributed by atoms with van der Waals surface area (Å²) < 4.78 is 45.6. The number of aliphatic carboxylic acids is 1. The fourth-order valence-electron chi connectivity index (χ4n) is 5.17. The van der Waals surface area contributed by atoms with Crippen molar-refractivity contribution in [1.29, 1.82) is 0 Å². The number of likely N-dealkylation sites (tertiary alicyclic amines) is 1. The SMILES string of the molecule is CCCCCC(=O)N(CCN1CCC2(CC1)C(=O)NCN2c1cccc(F)c1)C(=O)CCCCC.O=C(O)C(F)(F)F. The van der Waals surface area contributed by atoms with Crippen LogP contribution < -0.4 is 10.2 Å². The minimum Gasteiger partial charge on any atom is -0.475 e. The molecule has 1 aromatic rings. The van der Waals surface area contributed by atoms with Gasteiger partial charge in [-0.25, -0.2) is 9.18 Å². The molecule has 0 unspecified atom stereocenters. The van der Waals surface area contributed by atoms with Crippen LogP contribution in [0, 0.1) is 5.82 Å². The normalized spacial score (nSPS) is 16.5. The molecule has 2 heterocycles. The number of piperidine rings is 1. The van der Waals surface area contributed by atoms with Crippen molar-refractivity contribution in [2.45, 2.75) is 89.8 Å². The number of unbranched alkanes of at least 4 members (excludes halogenated alkanes) is 4. The van der Waals surface area contributed by atoms with E-state index < -0.39 is 17.7 Å². The van der Waals surface area contributed by atoms with E-state index in [9.17, 15) is 31.9 Å². The molecule has 0 aromatic heterocycles. The van der Waals surface area contributed by atoms with Crippen molar-refractivity contribution in [3.8, 4) is 0 Å². The molecule has 2 N–H and O–H groups in total. The van der Waals surface area contributed by atoms with Crippen LogP contribution in [0.1, 0.15) is 78.1 Å². The van der Waals surface area contributed by atoms with E-state index in [1.165, 1.54) is 17.0 Å². The summed E-state index contributed by atoms with van der Waals surface area (Å²) in [5.74, 6) is -3.23. The summed E-state index contributed by atoms with van der Waals surface area (Å²) in [5, 5.41) is 10.1. The standard InChI is InChI=1S/C27H41FN4O3.C2HF3O2/c1-3-5-7-12-24(33)31(25(34)13-8-6-4-2)19-18-30-16-14-27(15-17-30)26(35)29-21-32(27)23-11-9-10-22(28)20-23;3-2(4,5)1(6)7/h9-11,20H,3-8,12-19,21H2,1-2H3,(H,29,35);(H,6,7). The van der Waals surface area contributed by atoms with Gasteiger partial charge in [-0.1, -0.05) is 45.6 Å². The van der Waals surface area contributed by atoms with Gasteiger partial charge in [-0.15, -0.1) is 0 Å². The second-order valence-corrected chi connectivity index (χ2v) is 10.6. The van der Waals surface area contributed by atoms with Crippen molar-refractivity contribution < 1.29 is 41.8 Å². The van der Waals surface area contributed by atoms with E-state index in [0.29, 0.717) is 64.2 Å². The summed E-state index contributed by atoms with van der Waals surface area (Å²) in [5.41, 5.74) is 0.0222. The van der Waals surface area contributed by atoms with Crippen LogP contribution in [0.3, 0.4) is 0 Å². The number of carboxylic acid groups (broad SMARTS) is 1. The van der Waals surface area contributed by atoms with E-state index in [0.717, 1.165) is 38.5 Å². The minimum absolute atomic E-state index is 0.0137. The lowest BCUT2D eigenvalue weighted by Crippen LogP contribution is -2.57. The Morgan fingerprint density at radius 3 is 2.02 bits per heavy atom. The van der Waals surface area contributed by atoms with Gasteiger partial charge in [0, 0.05) is 44.7 Å². The summed E-state index contributed by atoms with van der Waals surface area (Å²) in [4.78, 5) is 53.1. The molecule has 13 heteroatoms. The molecule has 236 valence electrons. The highest BCUT2D eigenvalue weighted by Gasteiger charge is 2.50. The number of alkyl halides is 3. The van der Waals surface area contributed by atoms with Crippen molar-refractivity contribution >= 4 is 29.4 Å². The van der Waals surface area contributed by atoms with Gasteiger partial charge < -0.3 is 20.2 Å². The molecule has 0 aliphatic carbocycles. The number of halogens is 4. The number of benzene rings is 1. The number of nitrogens with one attached hydrogen (secondary N) is 1. The van der Waals surface area contributed by atoms with Crippen LogP contribution in [0.5, 0.6) is 0 Å². The fourth-order valence-corrected chi connectivity index (χ4v) is 5.17. The number of carboxylic acids is 1. The van der Waals surface area contributed by atoms with Gasteiger partial charge in [0.25, 0.3) is 0 Å². The van der Waals surface area contributed by atoms with Crippen LogP contribution in [-0.4, -0.2) is 83.2 Å². The van der Waals surface area contributed by atoms with Gasteiger partial charge in [-0.2, -0.15) is 13.2 Å². The van der Waals surface area contributed by atoms with Gasteiger partial charge in [-0.05, 0) is 43.9 Å². The average Bonchev–Trinajstić information content (AvgIpc) is 3.25. The third kappa shape index (κ3) is 9.95. The molecule has 2 fully saturated rings. The first kappa shape index (κ1) is 35.0. The zero-order chi connectivity index (χ0) is 31.3. The smallest absolute Gasteiger partial charge is 0.475 e. The van der Waals surface area contributed by atoms with E-state index >= 15 is 0 Å². The first-order valence-corrected chi connectivity index (χ1v) is 14.5. The van der Waals surface area contributed by atoms with Gasteiger partial charge >= 0.3 is 12.1 Å². The molecule has 2 aliphatic heterocycles. The van der Waals surface area contributed by atoms with Crippen LogP contribution in [-0.2, 0) is 19.2 Å². The number of hydrogen-bond acceptors (Lipinski definition) is 6. The maximum Gasteiger partial charge on any atom is 0.490 e. The molecule has 9 nitrogen and oxygen atoms in total. The molecular weight excluding hydrogens is 560 g/mol. The number of hydrogen-bond donors (Lipinski definition) is 2. The first-order chi connectivity index (χ1) is 19.9. The Balaban J connectivity index is 0.000000782. The van der Waals surface area contributed by atoms with Gasteiger partial charge in [0.1, 0.15) is 11.4 Å². The van der Waals surface area contributed by atoms with Crippen LogP contribution in [0.4, 0.5) is 23.2 Å². The quantitative estimate of drug-likeness (QED) is 0.264. The van der Waals surface area contributed by atoms with Crippen LogP contribution in [0.2, 0.25) is 0 Å². The van der Waals surface area contributed by atoms with Crippen LogP contribution in [0.25, 0.3) is 0 Å². The van der Waals surface area contributed by atoms with Gasteiger partial charge in [0.15, 0.2) is 0 Å². The molecule has 0 saturated carbocycles. The van der Waals surface area contributed by atoms with E-state index in [-0.39, 0.29) is 23.5 Å². The molecule has 1 aromatic carbocycles. The summed E-state index contributed by atoms with van der Waals surface area (Å²) in [7, 11) is 0. The molecule has 3 amide bonds. The second-order valence-electron chi connectivity index (χ2n) is 10.6. The molecule has 2 saturated heterocycles. The molecule has 2 aliphatic rings. The highest BCUT2D eigenvalue weighted by Crippen LogP contribution is 2.36. The number of amides is 3. The molecule has 42 heavy (non-hydrogen) atoms. The van der Waals surface area contributed by atoms with Gasteiger partial charge in [-0.3, -0.25) is 19.3 Å². The lowest BCUT2D eigenvalue weighted by Gasteiger charge is -2.43. The molecule has 1 spiro atoms. The first-order valence-electron chi connectivity index (χ1n) is 14.5. The monoisotopic (exact) mass is 602 g/mol. The lowest BCUT2D eigenvalue weighted by atomic mass is 9.85. The molecular formula is C29H42F4N4O5. The number of nitrogens with zero attached hydrogens (tertiary/aromatic N) is 3. The predicted octanol–water partition coefficient (Wildman–Crippen LogP) is 4.70. The topological polar surface area (TPSA) is 110 Å². The lowest BCUT2D eigenvalue weighted by molar-refractivity contribution is -0.192. The van der Waals surface area contributed by atoms with Gasteiger partial charge in [0.2, 0.25) is 17.7 Å². The summed E-state index contributed by atoms with van der Waals surface area (Å²) in [6, 6.07) is 6.38. The number of rotatable bonds is 12. The third-order valence-electron chi connectivity index (χ3n) is 7.61. The third-order valence-corrected chi connectivity index (χ3v) is 7.61. The number of carbonyl (C=O) groups excluding carboxylic acids is 3. The number of imide groups is 1. The Morgan fingerprint density at radius 1 is 1.00 bits per heavy atom. The highest BCUT2D eigenvalue weighted by atomic mass is 19.4. The minimum atomic E-state index is -5.08. The average molecular weight is 603 g/mol. The summed E-state index contributed by atoms with van der Waals surface area (Å²) >= 11 is 0. The fraction of sp³-hybridized carbons (Fsp3) is 0.655. The van der Waals surface area contributed by atoms with Gasteiger partial charge in [0.05, 0.1) is 6.67 Å². The largest absolute Gasteiger partial charge is 0.490 e. The van der Waals surface area contributed by atoms with E-state index in [1.54, 1.807) is 6.07 Å². The molecule has 0 atom stereocenters. The Morgan fingerprint density at radius 2 is 1.55 bits per heavy atom. The van der Waals surface area contributed by atoms with E-state index in [1.807, 2.05) is 11.0 Å². The Bertz CT molecular complexity index is 1040. The molecule has 0 radical (unpaired) electrons.